The smallest absolute Gasteiger partial charge is 0.333 e. The number of imide groups is 1. The molecule has 0 saturated carbocycles. The van der Waals surface area contributed by atoms with Gasteiger partial charge in [-0.3, -0.25) is 14.4 Å². The van der Waals surface area contributed by atoms with Crippen molar-refractivity contribution in [2.45, 2.75) is 63.2 Å². The first kappa shape index (κ1) is 46.4. The Morgan fingerprint density at radius 2 is 1.23 bits per heavy atom. The molecule has 3 amide bonds. The van der Waals surface area contributed by atoms with Crippen LogP contribution in [-0.2, 0) is 54.8 Å². The summed E-state index contributed by atoms with van der Waals surface area (Å²) in [6.45, 7) is 4.10. The second-order valence-corrected chi connectivity index (χ2v) is 17.0. The predicted molar refractivity (Wildman–Crippen MR) is 251 cm³/mol. The van der Waals surface area contributed by atoms with Gasteiger partial charge in [-0.2, -0.15) is 0 Å². The molecule has 0 spiro atoms. The van der Waals surface area contributed by atoms with Crippen LogP contribution in [0.4, 0.5) is 0 Å². The van der Waals surface area contributed by atoms with Gasteiger partial charge in [0.25, 0.3) is 11.8 Å². The molecule has 0 radical (unpaired) electrons. The average molecular weight is 895 g/mol. The van der Waals surface area contributed by atoms with Crippen LogP contribution in [-0.4, -0.2) is 95.8 Å². The lowest BCUT2D eigenvalue weighted by molar-refractivity contribution is -0.197. The minimum Gasteiger partial charge on any atom is -0.494 e. The molecule has 12 nitrogen and oxygen atoms in total. The maximum Gasteiger partial charge on any atom is 0.333 e. The fourth-order valence-corrected chi connectivity index (χ4v) is 9.28. The highest BCUT2D eigenvalue weighted by Gasteiger charge is 2.44. The maximum absolute atomic E-state index is 12.2. The zero-order valence-corrected chi connectivity index (χ0v) is 37.9. The van der Waals surface area contributed by atoms with E-state index in [1.807, 2.05) is 12.1 Å². The van der Waals surface area contributed by atoms with Crippen LogP contribution in [0.5, 0.6) is 5.75 Å². The molecule has 5 aromatic rings. The van der Waals surface area contributed by atoms with Crippen LogP contribution in [0, 0.1) is 0 Å². The number of nitrogens with one attached hydrogen (secondary N) is 1. The summed E-state index contributed by atoms with van der Waals surface area (Å²) in [5.41, 5.74) is 14.5. The van der Waals surface area contributed by atoms with Crippen molar-refractivity contribution in [3.05, 3.63) is 125 Å². The standard InChI is InChI=1S/C54H58N2O10/c1-61-28-30-63-26-7-24-54(36-64-31-29-62-2)48-34-39(13-18-46(48)47-19-14-40(35-49(47)54)38-12-17-45-42(32-38)33-41-8-3-4-9-44(41)45)37-10-15-43(16-11-37)65-27-6-5-25-55-50(57)20-23-53(60)66-56-51(58)21-22-52(56)59/h3-4,8-19,32,34-35H,5-7,20-31,33,36H2,1-2H3,(H,55,57). The van der Waals surface area contributed by atoms with Gasteiger partial charge >= 0.3 is 5.97 Å². The molecule has 66 heavy (non-hydrogen) atoms. The summed E-state index contributed by atoms with van der Waals surface area (Å²) in [5.74, 6) is -1.46. The van der Waals surface area contributed by atoms with Crippen LogP contribution in [0.25, 0.3) is 44.5 Å². The number of amides is 3. The normalized spacial score (nSPS) is 15.6. The van der Waals surface area contributed by atoms with Crippen LogP contribution in [0.2, 0.25) is 0 Å². The number of carbonyl (C=O) groups is 4. The van der Waals surface area contributed by atoms with Gasteiger partial charge in [0.1, 0.15) is 5.75 Å². The lowest BCUT2D eigenvalue weighted by atomic mass is 9.74. The number of nitrogens with zero attached hydrogens (tertiary/aromatic N) is 1. The van der Waals surface area contributed by atoms with Crippen molar-refractivity contribution in [1.29, 1.82) is 0 Å². The summed E-state index contributed by atoms with van der Waals surface area (Å²) in [7, 11) is 3.39. The second kappa shape index (κ2) is 21.9. The van der Waals surface area contributed by atoms with Crippen molar-refractivity contribution in [1.82, 2.24) is 10.4 Å². The fraction of sp³-hybridized carbons (Fsp3) is 0.370. The molecule has 3 aliphatic rings. The van der Waals surface area contributed by atoms with Gasteiger partial charge in [0.15, 0.2) is 0 Å². The Balaban J connectivity index is 0.939. The highest BCUT2D eigenvalue weighted by Crippen LogP contribution is 2.54. The lowest BCUT2D eigenvalue weighted by Crippen LogP contribution is -2.32. The zero-order chi connectivity index (χ0) is 45.9. The maximum atomic E-state index is 12.2. The summed E-state index contributed by atoms with van der Waals surface area (Å²) in [4.78, 5) is 52.3. The minimum absolute atomic E-state index is 0.0177. The number of hydroxylamine groups is 2. The molecule has 344 valence electrons. The molecule has 12 heteroatoms. The Morgan fingerprint density at radius 3 is 1.94 bits per heavy atom. The Hall–Kier alpha value is -6.18. The topological polar surface area (TPSA) is 139 Å². The van der Waals surface area contributed by atoms with Crippen molar-refractivity contribution >= 4 is 23.7 Å². The Bertz CT molecular complexity index is 2520. The van der Waals surface area contributed by atoms with Crippen molar-refractivity contribution in [2.75, 3.05) is 67.0 Å². The largest absolute Gasteiger partial charge is 0.494 e. The van der Waals surface area contributed by atoms with Crippen molar-refractivity contribution < 1.29 is 47.7 Å². The van der Waals surface area contributed by atoms with Crippen LogP contribution in [0.3, 0.4) is 0 Å². The molecule has 8 rings (SSSR count). The lowest BCUT2D eigenvalue weighted by Gasteiger charge is -2.33. The quantitative estimate of drug-likeness (QED) is 0.0464. The molecular weight excluding hydrogens is 837 g/mol. The number of unbranched alkanes of at least 4 members (excludes halogenated alkanes) is 1. The molecule has 1 unspecified atom stereocenters. The monoisotopic (exact) mass is 894 g/mol. The molecule has 2 aliphatic carbocycles. The van der Waals surface area contributed by atoms with E-state index in [0.29, 0.717) is 70.7 Å². The first-order chi connectivity index (χ1) is 32.3. The Labute approximate surface area is 386 Å². The van der Waals surface area contributed by atoms with E-state index in [4.69, 9.17) is 28.5 Å². The van der Waals surface area contributed by atoms with E-state index in [0.717, 1.165) is 36.1 Å². The first-order valence-corrected chi connectivity index (χ1v) is 23.0. The van der Waals surface area contributed by atoms with E-state index in [-0.39, 0.29) is 31.6 Å². The molecule has 1 aliphatic heterocycles. The van der Waals surface area contributed by atoms with Gasteiger partial charge in [-0.1, -0.05) is 78.9 Å². The number of ether oxygens (including phenoxy) is 5. The van der Waals surface area contributed by atoms with Crippen LogP contribution < -0.4 is 10.1 Å². The summed E-state index contributed by atoms with van der Waals surface area (Å²) < 4.78 is 29.3. The van der Waals surface area contributed by atoms with E-state index in [1.54, 1.807) is 14.2 Å². The van der Waals surface area contributed by atoms with Crippen molar-refractivity contribution in [3.8, 4) is 50.3 Å². The van der Waals surface area contributed by atoms with Gasteiger partial charge in [0, 0.05) is 52.0 Å². The van der Waals surface area contributed by atoms with Crippen molar-refractivity contribution in [3.63, 3.8) is 0 Å². The predicted octanol–water partition coefficient (Wildman–Crippen LogP) is 8.63. The fourth-order valence-electron chi connectivity index (χ4n) is 9.28. The van der Waals surface area contributed by atoms with Crippen LogP contribution in [0.1, 0.15) is 73.6 Å². The third kappa shape index (κ3) is 10.6. The molecule has 0 bridgehead atoms. The molecule has 1 atom stereocenters. The molecular formula is C54H58N2O10. The van der Waals surface area contributed by atoms with Crippen LogP contribution >= 0.6 is 0 Å². The number of benzene rings is 5. The highest BCUT2D eigenvalue weighted by molar-refractivity contribution is 6.01. The minimum atomic E-state index is -0.797. The van der Waals surface area contributed by atoms with Gasteiger partial charge in [0.2, 0.25) is 5.91 Å². The highest BCUT2D eigenvalue weighted by atomic mass is 16.7. The van der Waals surface area contributed by atoms with E-state index in [2.05, 4.69) is 96.3 Å². The van der Waals surface area contributed by atoms with E-state index in [9.17, 15) is 19.2 Å². The molecule has 1 saturated heterocycles. The number of hydrogen-bond acceptors (Lipinski definition) is 10. The number of methoxy groups -OCH3 is 2. The van der Waals surface area contributed by atoms with Gasteiger partial charge in [0.05, 0.1) is 46.1 Å². The molecule has 1 heterocycles. The molecule has 1 fully saturated rings. The Kier molecular flexibility index (Phi) is 15.4. The number of rotatable bonds is 24. The van der Waals surface area contributed by atoms with E-state index >= 15 is 0 Å². The second-order valence-electron chi connectivity index (χ2n) is 17.0. The Morgan fingerprint density at radius 1 is 0.606 bits per heavy atom. The molecule has 1 N–H and O–H groups in total. The summed E-state index contributed by atoms with van der Waals surface area (Å²) in [6.07, 6.45) is 3.70. The van der Waals surface area contributed by atoms with Gasteiger partial charge in [-0.25, -0.2) is 4.79 Å². The number of hydrogen-bond donors (Lipinski definition) is 1. The van der Waals surface area contributed by atoms with E-state index < -0.39 is 23.2 Å². The van der Waals surface area contributed by atoms with Crippen LogP contribution in [0.15, 0.2) is 103 Å². The first-order valence-electron chi connectivity index (χ1n) is 23.0. The number of carbonyl (C=O) groups excluding carboxylic acids is 4. The number of fused-ring (bicyclic) bond motifs is 6. The van der Waals surface area contributed by atoms with Crippen molar-refractivity contribution in [2.24, 2.45) is 0 Å². The average Bonchev–Trinajstić information content (AvgIpc) is 3.96. The third-order valence-corrected chi connectivity index (χ3v) is 12.7. The molecule has 5 aromatic carbocycles. The summed E-state index contributed by atoms with van der Waals surface area (Å²) in [5, 5.41) is 3.28. The summed E-state index contributed by atoms with van der Waals surface area (Å²) >= 11 is 0. The van der Waals surface area contributed by atoms with E-state index in [1.165, 1.54) is 55.6 Å². The third-order valence-electron chi connectivity index (χ3n) is 12.7. The zero-order valence-electron chi connectivity index (χ0n) is 37.9. The van der Waals surface area contributed by atoms with Gasteiger partial charge < -0.3 is 33.8 Å². The van der Waals surface area contributed by atoms with Gasteiger partial charge in [-0.15, -0.1) is 5.06 Å². The van der Waals surface area contributed by atoms with Gasteiger partial charge in [-0.05, 0) is 123 Å². The molecule has 0 aromatic heterocycles. The SMILES string of the molecule is COCCOCCCC1(COCCOC)c2cc(-c3ccc(OCCCCNC(=O)CCC(=O)ON4C(=O)CCC4=O)cc3)ccc2-c2ccc(-c3ccc4c(c3)Cc3ccccc3-4)cc21. The summed E-state index contributed by atoms with van der Waals surface area (Å²) in [6, 6.07) is 37.5.